The van der Waals surface area contributed by atoms with Gasteiger partial charge in [-0.15, -0.1) is 0 Å². The predicted molar refractivity (Wildman–Crippen MR) is 87.9 cm³/mol. The van der Waals surface area contributed by atoms with Gasteiger partial charge in [0.2, 0.25) is 5.91 Å². The maximum Gasteiger partial charge on any atom is 0.295 e. The highest BCUT2D eigenvalue weighted by Gasteiger charge is 2.18. The van der Waals surface area contributed by atoms with Gasteiger partial charge in [-0.05, 0) is 18.2 Å². The van der Waals surface area contributed by atoms with Gasteiger partial charge in [0.15, 0.2) is 5.82 Å². The van der Waals surface area contributed by atoms with Crippen molar-refractivity contribution in [2.45, 2.75) is 18.1 Å². The van der Waals surface area contributed by atoms with Crippen LogP contribution in [0.25, 0.3) is 11.0 Å². The molecule has 0 saturated carbocycles. The first-order valence-electron chi connectivity index (χ1n) is 6.89. The van der Waals surface area contributed by atoms with Gasteiger partial charge < -0.3 is 10.3 Å². The minimum atomic E-state index is -2.63. The molecule has 3 rings (SSSR count). The van der Waals surface area contributed by atoms with Crippen LogP contribution in [-0.4, -0.2) is 38.4 Å². The topological polar surface area (TPSA) is 57.8 Å². The Balaban J connectivity index is 1.66. The number of imidazole rings is 1. The summed E-state index contributed by atoms with van der Waals surface area (Å²) < 4.78 is 25.2. The summed E-state index contributed by atoms with van der Waals surface area (Å²) in [6.45, 7) is 0. The molecular formula is C14H15F2N3OS2. The smallest absolute Gasteiger partial charge is 0.295 e. The standard InChI is InChI=1S/C14H15F2N3OS2/c15-13(16)14-18-10-2-1-8(5-11(10)19-14)17-12(20)6-9-7-21-3-4-22-9/h1-2,5,9,13H,3-4,6-7H2,(H,17,20)(H,18,19). The van der Waals surface area contributed by atoms with Gasteiger partial charge >= 0.3 is 0 Å². The Morgan fingerprint density at radius 3 is 3.05 bits per heavy atom. The zero-order valence-corrected chi connectivity index (χ0v) is 13.3. The summed E-state index contributed by atoms with van der Waals surface area (Å²) in [5.74, 6) is 2.82. The fourth-order valence-corrected chi connectivity index (χ4v) is 4.96. The van der Waals surface area contributed by atoms with Crippen molar-refractivity contribution in [3.05, 3.63) is 24.0 Å². The van der Waals surface area contributed by atoms with E-state index >= 15 is 0 Å². The SMILES string of the molecule is O=C(CC1CSCCS1)Nc1ccc2nc(C(F)F)[nH]c2c1. The summed E-state index contributed by atoms with van der Waals surface area (Å²) >= 11 is 3.70. The lowest BCUT2D eigenvalue weighted by molar-refractivity contribution is -0.116. The molecule has 1 aliphatic heterocycles. The third kappa shape index (κ3) is 3.73. The number of benzene rings is 1. The second kappa shape index (κ2) is 6.87. The lowest BCUT2D eigenvalue weighted by Crippen LogP contribution is -2.22. The van der Waals surface area contributed by atoms with Gasteiger partial charge in [0.25, 0.3) is 6.43 Å². The van der Waals surface area contributed by atoms with Crippen LogP contribution < -0.4 is 5.32 Å². The lowest BCUT2D eigenvalue weighted by atomic mass is 10.2. The van der Waals surface area contributed by atoms with Crippen LogP contribution in [0.1, 0.15) is 18.7 Å². The van der Waals surface area contributed by atoms with E-state index in [0.717, 1.165) is 17.3 Å². The molecule has 0 bridgehead atoms. The number of H-pyrrole nitrogens is 1. The van der Waals surface area contributed by atoms with Crippen molar-refractivity contribution in [1.82, 2.24) is 9.97 Å². The largest absolute Gasteiger partial charge is 0.337 e. The van der Waals surface area contributed by atoms with E-state index in [1.54, 1.807) is 18.2 Å². The summed E-state index contributed by atoms with van der Waals surface area (Å²) in [6, 6.07) is 4.94. The van der Waals surface area contributed by atoms with E-state index in [2.05, 4.69) is 15.3 Å². The lowest BCUT2D eigenvalue weighted by Gasteiger charge is -2.20. The molecule has 8 heteroatoms. The minimum Gasteiger partial charge on any atom is -0.337 e. The molecule has 0 radical (unpaired) electrons. The van der Waals surface area contributed by atoms with Crippen LogP contribution in [0.3, 0.4) is 0 Å². The Hall–Kier alpha value is -1.28. The number of thioether (sulfide) groups is 2. The van der Waals surface area contributed by atoms with Gasteiger partial charge in [0.05, 0.1) is 11.0 Å². The second-order valence-corrected chi connectivity index (χ2v) is 7.53. The van der Waals surface area contributed by atoms with Crippen LogP contribution in [-0.2, 0) is 4.79 Å². The van der Waals surface area contributed by atoms with Crippen molar-refractivity contribution >= 4 is 46.2 Å². The third-order valence-corrected chi connectivity index (χ3v) is 6.13. The number of alkyl halides is 2. The average molecular weight is 343 g/mol. The number of nitrogens with one attached hydrogen (secondary N) is 2. The average Bonchev–Trinajstić information content (AvgIpc) is 2.91. The normalized spacial score (nSPS) is 18.8. The summed E-state index contributed by atoms with van der Waals surface area (Å²) in [5, 5.41) is 3.17. The van der Waals surface area contributed by atoms with E-state index in [9.17, 15) is 13.6 Å². The van der Waals surface area contributed by atoms with Gasteiger partial charge in [0, 0.05) is 34.6 Å². The van der Waals surface area contributed by atoms with Crippen molar-refractivity contribution in [3.8, 4) is 0 Å². The number of fused-ring (bicyclic) bond motifs is 1. The van der Waals surface area contributed by atoms with E-state index in [4.69, 9.17) is 0 Å². The number of nitrogens with zero attached hydrogens (tertiary/aromatic N) is 1. The predicted octanol–water partition coefficient (Wildman–Crippen LogP) is 3.68. The monoisotopic (exact) mass is 343 g/mol. The highest BCUT2D eigenvalue weighted by Crippen LogP contribution is 2.27. The number of hydrogen-bond donors (Lipinski definition) is 2. The van der Waals surface area contributed by atoms with Crippen molar-refractivity contribution in [3.63, 3.8) is 0 Å². The molecule has 1 saturated heterocycles. The maximum atomic E-state index is 12.6. The van der Waals surface area contributed by atoms with Gasteiger partial charge in [-0.2, -0.15) is 23.5 Å². The zero-order valence-electron chi connectivity index (χ0n) is 11.6. The molecule has 0 spiro atoms. The van der Waals surface area contributed by atoms with E-state index in [1.807, 2.05) is 23.5 Å². The molecule has 1 fully saturated rings. The fourth-order valence-electron chi connectivity index (χ4n) is 2.28. The second-order valence-electron chi connectivity index (χ2n) is 4.97. The molecule has 2 N–H and O–H groups in total. The molecule has 1 amide bonds. The van der Waals surface area contributed by atoms with E-state index in [-0.39, 0.29) is 11.7 Å². The Labute approximate surface area is 134 Å². The molecule has 1 atom stereocenters. The van der Waals surface area contributed by atoms with Gasteiger partial charge in [0.1, 0.15) is 0 Å². The number of aromatic nitrogens is 2. The van der Waals surface area contributed by atoms with Crippen molar-refractivity contribution in [2.75, 3.05) is 22.6 Å². The Bertz CT molecular complexity index is 671. The fraction of sp³-hybridized carbons (Fsp3) is 0.429. The number of anilines is 1. The molecule has 1 aliphatic rings. The van der Waals surface area contributed by atoms with Gasteiger partial charge in [-0.3, -0.25) is 4.79 Å². The number of amides is 1. The van der Waals surface area contributed by atoms with Crippen LogP contribution in [0.15, 0.2) is 18.2 Å². The number of carbonyl (C=O) groups is 1. The highest BCUT2D eigenvalue weighted by atomic mass is 32.2. The number of aromatic amines is 1. The van der Waals surface area contributed by atoms with Crippen molar-refractivity contribution in [2.24, 2.45) is 0 Å². The Morgan fingerprint density at radius 1 is 1.45 bits per heavy atom. The molecule has 4 nitrogen and oxygen atoms in total. The number of hydrogen-bond acceptors (Lipinski definition) is 4. The molecule has 2 aromatic rings. The number of halogens is 2. The first kappa shape index (κ1) is 15.6. The molecule has 1 unspecified atom stereocenters. The molecule has 1 aromatic carbocycles. The minimum absolute atomic E-state index is 0.0482. The molecule has 0 aliphatic carbocycles. The highest BCUT2D eigenvalue weighted by molar-refractivity contribution is 8.06. The van der Waals surface area contributed by atoms with Gasteiger partial charge in [-0.25, -0.2) is 13.8 Å². The van der Waals surface area contributed by atoms with Crippen LogP contribution in [0.5, 0.6) is 0 Å². The number of rotatable bonds is 4. The van der Waals surface area contributed by atoms with E-state index < -0.39 is 6.43 Å². The Kier molecular flexibility index (Phi) is 4.87. The first-order chi connectivity index (χ1) is 10.6. The van der Waals surface area contributed by atoms with E-state index in [0.29, 0.717) is 28.4 Å². The molecule has 22 heavy (non-hydrogen) atoms. The van der Waals surface area contributed by atoms with Crippen LogP contribution in [0.4, 0.5) is 14.5 Å². The third-order valence-electron chi connectivity index (χ3n) is 3.29. The Morgan fingerprint density at radius 2 is 2.32 bits per heavy atom. The summed E-state index contributed by atoms with van der Waals surface area (Å²) in [6.07, 6.45) is -2.16. The number of carbonyl (C=O) groups excluding carboxylic acids is 1. The summed E-state index contributed by atoms with van der Waals surface area (Å²) in [7, 11) is 0. The maximum absolute atomic E-state index is 12.6. The van der Waals surface area contributed by atoms with Crippen LogP contribution >= 0.6 is 23.5 Å². The molecule has 2 heterocycles. The first-order valence-corrected chi connectivity index (χ1v) is 9.09. The molecule has 1 aromatic heterocycles. The van der Waals surface area contributed by atoms with E-state index in [1.165, 1.54) is 0 Å². The van der Waals surface area contributed by atoms with Crippen LogP contribution in [0.2, 0.25) is 0 Å². The zero-order chi connectivity index (χ0) is 15.5. The summed E-state index contributed by atoms with van der Waals surface area (Å²) in [5.41, 5.74) is 1.55. The summed E-state index contributed by atoms with van der Waals surface area (Å²) in [4.78, 5) is 18.4. The van der Waals surface area contributed by atoms with Crippen molar-refractivity contribution < 1.29 is 13.6 Å². The molecule has 118 valence electrons. The van der Waals surface area contributed by atoms with Crippen LogP contribution in [0, 0.1) is 0 Å². The molecular weight excluding hydrogens is 328 g/mol. The van der Waals surface area contributed by atoms with Crippen molar-refractivity contribution in [1.29, 1.82) is 0 Å². The quantitative estimate of drug-likeness (QED) is 0.889. The van der Waals surface area contributed by atoms with Gasteiger partial charge in [-0.1, -0.05) is 0 Å².